The van der Waals surface area contributed by atoms with Crippen molar-refractivity contribution in [1.82, 2.24) is 19.9 Å². The number of carbonyl (C=O) groups excluding carboxylic acids is 8. The summed E-state index contributed by atoms with van der Waals surface area (Å²) in [7, 11) is 0. The molecule has 0 spiro atoms. The highest BCUT2D eigenvalue weighted by Crippen LogP contribution is 2.37. The van der Waals surface area contributed by atoms with E-state index < -0.39 is 47.8 Å². The molecule has 0 saturated carbocycles. The van der Waals surface area contributed by atoms with Gasteiger partial charge in [0.05, 0.1) is 25.7 Å². The van der Waals surface area contributed by atoms with Crippen molar-refractivity contribution in [2.75, 3.05) is 52.4 Å². The third-order valence-corrected chi connectivity index (χ3v) is 26.4. The van der Waals surface area contributed by atoms with Crippen LogP contribution >= 0.6 is 0 Å². The molecule has 1 aliphatic heterocycles. The molecule has 0 saturated heterocycles. The quantitative estimate of drug-likeness (QED) is 0.0141. The number of nitrogens with one attached hydrogen (secondary N) is 4. The van der Waals surface area contributed by atoms with Crippen molar-refractivity contribution < 1.29 is 113 Å². The minimum Gasteiger partial charge on any atom is -0.461 e. The van der Waals surface area contributed by atoms with Crippen LogP contribution in [0.25, 0.3) is 0 Å². The number of esters is 8. The third kappa shape index (κ3) is 35.0. The number of nitrogens with two attached hydrogens (primary N) is 8. The third-order valence-electron chi connectivity index (χ3n) is 26.4. The lowest BCUT2D eigenvalue weighted by Crippen LogP contribution is -2.33. The van der Waals surface area contributed by atoms with Crippen molar-refractivity contribution in [2.45, 2.75) is 259 Å². The van der Waals surface area contributed by atoms with E-state index in [4.69, 9.17) is 83.8 Å². The zero-order valence-corrected chi connectivity index (χ0v) is 85.1. The molecule has 0 fully saturated rings. The predicted octanol–water partition coefficient (Wildman–Crippen LogP) is 4.61. The van der Waals surface area contributed by atoms with Crippen molar-refractivity contribution in [3.8, 4) is 0 Å². The Hall–Kier alpha value is -14.2. The van der Waals surface area contributed by atoms with Gasteiger partial charge < -0.3 is 104 Å². The molecule has 8 bridgehead atoms. The van der Waals surface area contributed by atoms with Crippen molar-refractivity contribution in [3.63, 3.8) is 0 Å². The van der Waals surface area contributed by atoms with Crippen LogP contribution in [0.3, 0.4) is 0 Å². The second kappa shape index (κ2) is 58.9. The summed E-state index contributed by atoms with van der Waals surface area (Å²) in [6, 6.07) is 30.1. The van der Waals surface area contributed by atoms with Crippen LogP contribution in [0.1, 0.15) is 212 Å². The van der Waals surface area contributed by atoms with Crippen LogP contribution in [0.2, 0.25) is 0 Å². The molecular weight excluding hydrogens is 1880 g/mol. The number of rotatable bonds is 60. The maximum absolute atomic E-state index is 15.5. The van der Waals surface area contributed by atoms with Gasteiger partial charge in [0.25, 0.3) is 0 Å². The molecule has 36 heteroatoms. The van der Waals surface area contributed by atoms with Gasteiger partial charge >= 0.3 is 47.8 Å². The molecule has 0 unspecified atom stereocenters. The molecule has 20 N–H and O–H groups in total. The molecule has 13 heterocycles. The SMILES string of the molecule is NCCC[n+]1ccc(COC(=O)CCc2c3[nH]c(c2CC(=O)OCc2cc[n+](CCCN)cc2)Cc2[nH]c(c(CC(=O)OCc4cc[n+](CCCN)cc4)c2CCC(=O)OCc2cc[n+](CCCN)cc2)Cc2[nH]c(c(CC(=O)OCc4cc[n+](CCCN)cc4)c2CCC(=O)OCc2cc[n+](CCCN)cc2)Cc2[nH]c(c(CCC(=O)OCc4cc[n+](CCCN)cc4)c2CC(=O)OCc2cc[n+](CCCN)cc2)C3)cc1. The minimum absolute atomic E-state index is 0.0201. The maximum atomic E-state index is 15.5. The van der Waals surface area contributed by atoms with Crippen molar-refractivity contribution in [1.29, 1.82) is 0 Å². The number of pyridine rings is 8. The molecule has 1 aliphatic rings. The standard InChI is InChI=1S/C112H148N20O16/c113-33-1-41-125-49-17-81(18-50-125)73-141-105(133)13-9-89-93(65-109(137)145-77-85-25-57-129(58-26-85)45-5-37-117)101-70-99-91(11-15-107(135)143-75-83-21-53-127(54-22-83)43-3-35-115)94(66-110(138)146-78-86-27-59-130(60-28-86)46-6-38-118)102(123-99)71-100-92(12-16-108(136)144-76-84-23-55-128(56-24-84)44-4-36-116)96(68-112(140)148-80-88-31-63-132(64-32-88)48-8-40-120)104(124-100)72-103-95(67-111(139)147-79-87-29-61-131(62-30-87)47-7-39-119)90(98(122-103)69-97(89)121-101)10-14-106(134)142-74-82-19-51-126(52-20-82)42-2-34-114/h17-32,49-64,121-124H,1-16,33-48,65-80,113-120H2/q+8. The first kappa shape index (κ1) is 111. The zero-order valence-electron chi connectivity index (χ0n) is 85.1. The lowest BCUT2D eigenvalue weighted by molar-refractivity contribution is -0.697. The van der Waals surface area contributed by atoms with Gasteiger partial charge in [-0.2, -0.15) is 0 Å². The molecule has 148 heavy (non-hydrogen) atoms. The second-order valence-electron chi connectivity index (χ2n) is 37.5. The van der Waals surface area contributed by atoms with Crippen molar-refractivity contribution >= 4 is 47.8 Å². The predicted molar refractivity (Wildman–Crippen MR) is 543 cm³/mol. The highest BCUT2D eigenvalue weighted by molar-refractivity contribution is 5.79. The molecule has 784 valence electrons. The maximum Gasteiger partial charge on any atom is 0.310 e. The van der Waals surface area contributed by atoms with Crippen LogP contribution in [-0.4, -0.2) is 120 Å². The normalized spacial score (nSPS) is 11.7. The fourth-order valence-electron chi connectivity index (χ4n) is 18.1. The van der Waals surface area contributed by atoms with Crippen molar-refractivity contribution in [2.24, 2.45) is 45.9 Å². The molecular formula is C112H148N20O16+8. The number of fused-ring (bicyclic) bond motifs is 8. The molecule has 0 aliphatic carbocycles. The van der Waals surface area contributed by atoms with E-state index in [0.717, 1.165) is 73.6 Å². The molecule has 12 aromatic heterocycles. The number of ether oxygens (including phenoxy) is 8. The van der Waals surface area contributed by atoms with Gasteiger partial charge in [-0.05, 0) is 123 Å². The number of nitrogens with zero attached hydrogens (tertiary/aromatic N) is 8. The Morgan fingerprint density at radius 3 is 0.459 bits per heavy atom. The second-order valence-corrected chi connectivity index (χ2v) is 37.5. The van der Waals surface area contributed by atoms with Crippen molar-refractivity contribution in [3.05, 3.63) is 331 Å². The first-order valence-electron chi connectivity index (χ1n) is 51.8. The molecule has 0 amide bonds. The van der Waals surface area contributed by atoms with Crippen LogP contribution in [0.4, 0.5) is 0 Å². The van der Waals surface area contributed by atoms with E-state index >= 15 is 19.2 Å². The zero-order chi connectivity index (χ0) is 104. The van der Waals surface area contributed by atoms with E-state index in [0.29, 0.717) is 217 Å². The van der Waals surface area contributed by atoms with Gasteiger partial charge in [-0.15, -0.1) is 0 Å². The average Bonchev–Trinajstić information content (AvgIpc) is 1.60. The highest BCUT2D eigenvalue weighted by Gasteiger charge is 2.34. The monoisotopic (exact) mass is 2030 g/mol. The molecule has 0 atom stereocenters. The highest BCUT2D eigenvalue weighted by atomic mass is 16.6. The summed E-state index contributed by atoms with van der Waals surface area (Å²) in [6.07, 6.45) is 33.9. The van der Waals surface area contributed by atoms with Crippen LogP contribution in [0.15, 0.2) is 196 Å². The molecule has 13 rings (SSSR count). The Labute approximate surface area is 864 Å². The van der Waals surface area contributed by atoms with E-state index in [1.165, 1.54) is 0 Å². The van der Waals surface area contributed by atoms with E-state index in [-0.39, 0.29) is 156 Å². The van der Waals surface area contributed by atoms with Gasteiger partial charge in [0.1, 0.15) is 105 Å². The summed E-state index contributed by atoms with van der Waals surface area (Å²) in [6.45, 7) is 8.83. The molecule has 12 aromatic rings. The smallest absolute Gasteiger partial charge is 0.310 e. The number of aryl methyl sites for hydroxylation is 8. The largest absolute Gasteiger partial charge is 0.461 e. The first-order chi connectivity index (χ1) is 72.2. The van der Waals surface area contributed by atoms with Gasteiger partial charge in [-0.25, -0.2) is 36.5 Å². The number of hydrogen-bond acceptors (Lipinski definition) is 24. The van der Waals surface area contributed by atoms with Gasteiger partial charge in [-0.3, -0.25) is 38.4 Å². The Bertz CT molecular complexity index is 6270. The van der Waals surface area contributed by atoms with E-state index in [9.17, 15) is 19.2 Å². The number of H-pyrrole nitrogens is 4. The molecule has 36 nitrogen and oxygen atoms in total. The number of aromatic amines is 4. The van der Waals surface area contributed by atoms with Gasteiger partial charge in [0.15, 0.2) is 99.1 Å². The number of hydrogen-bond donors (Lipinski definition) is 12. The first-order valence-corrected chi connectivity index (χ1v) is 51.8. The lowest BCUT2D eigenvalue weighted by Gasteiger charge is -2.12. The Morgan fingerprint density at radius 2 is 0.324 bits per heavy atom. The summed E-state index contributed by atoms with van der Waals surface area (Å²) in [5.41, 5.74) is 60.8. The Balaban J connectivity index is 1.01. The summed E-state index contributed by atoms with van der Waals surface area (Å²) in [4.78, 5) is 137. The number of aromatic nitrogens is 12. The topological polar surface area (TPSA) is 513 Å². The Kier molecular flexibility index (Phi) is 44.2. The molecule has 0 aromatic carbocycles. The van der Waals surface area contributed by atoms with E-state index in [1.54, 1.807) is 0 Å². The summed E-state index contributed by atoms with van der Waals surface area (Å²) in [5.74, 6) is -4.73. The van der Waals surface area contributed by atoms with E-state index in [1.807, 2.05) is 233 Å². The number of carbonyl (C=O) groups is 8. The summed E-state index contributed by atoms with van der Waals surface area (Å²) < 4.78 is 65.9. The van der Waals surface area contributed by atoms with E-state index in [2.05, 4.69) is 19.9 Å². The minimum atomic E-state index is -0.629. The van der Waals surface area contributed by atoms with Gasteiger partial charge in [0.2, 0.25) is 0 Å². The van der Waals surface area contributed by atoms with Gasteiger partial charge in [-0.1, -0.05) is 0 Å². The van der Waals surface area contributed by atoms with Crippen LogP contribution in [0.5, 0.6) is 0 Å². The van der Waals surface area contributed by atoms with Crippen LogP contribution in [0, 0.1) is 0 Å². The van der Waals surface area contributed by atoms with Crippen LogP contribution in [-0.2, 0) is 259 Å². The fourth-order valence-corrected chi connectivity index (χ4v) is 18.1. The Morgan fingerprint density at radius 1 is 0.196 bits per heavy atom. The average molecular weight is 2030 g/mol. The van der Waals surface area contributed by atoms with Gasteiger partial charge in [0, 0.05) is 290 Å². The lowest BCUT2D eigenvalue weighted by atomic mass is 9.93. The molecule has 0 radical (unpaired) electrons. The summed E-state index contributed by atoms with van der Waals surface area (Å²) >= 11 is 0. The van der Waals surface area contributed by atoms with Crippen LogP contribution < -0.4 is 82.4 Å². The summed E-state index contributed by atoms with van der Waals surface area (Å²) in [5, 5.41) is 0. The fraction of sp³-hybridized carbons (Fsp3) is 0.429.